The molecule has 1 aromatic heterocycles. The molecule has 1 saturated carbocycles. The van der Waals surface area contributed by atoms with Crippen molar-refractivity contribution in [1.82, 2.24) is 9.88 Å². The molecule has 1 fully saturated rings. The molecular formula is C18H25N3O3. The highest BCUT2D eigenvalue weighted by Crippen LogP contribution is 2.34. The lowest BCUT2D eigenvalue weighted by Gasteiger charge is -2.17. The van der Waals surface area contributed by atoms with E-state index in [0.717, 1.165) is 36.0 Å². The smallest absolute Gasteiger partial charge is 0.319 e. The molecular weight excluding hydrogens is 306 g/mol. The van der Waals surface area contributed by atoms with Gasteiger partial charge in [-0.2, -0.15) is 0 Å². The van der Waals surface area contributed by atoms with Gasteiger partial charge >= 0.3 is 6.03 Å². The van der Waals surface area contributed by atoms with Crippen molar-refractivity contribution in [2.24, 2.45) is 5.92 Å². The molecule has 1 aliphatic carbocycles. The molecule has 1 atom stereocenters. The third-order valence-electron chi connectivity index (χ3n) is 4.51. The minimum atomic E-state index is -0.210. The number of ether oxygens (including phenoxy) is 1. The zero-order chi connectivity index (χ0) is 16.9. The van der Waals surface area contributed by atoms with Crippen molar-refractivity contribution in [3.8, 4) is 0 Å². The number of aromatic nitrogens is 1. The number of aliphatic hydroxyl groups excluding tert-OH is 1. The van der Waals surface area contributed by atoms with E-state index in [4.69, 9.17) is 9.84 Å². The summed E-state index contributed by atoms with van der Waals surface area (Å²) >= 11 is 0. The Morgan fingerprint density at radius 3 is 2.96 bits per heavy atom. The van der Waals surface area contributed by atoms with E-state index in [1.165, 1.54) is 0 Å². The molecule has 6 heteroatoms. The molecule has 130 valence electrons. The monoisotopic (exact) mass is 331 g/mol. The molecule has 6 nitrogen and oxygen atoms in total. The number of carbonyl (C=O) groups is 1. The van der Waals surface area contributed by atoms with Gasteiger partial charge in [0.2, 0.25) is 0 Å². The topological polar surface area (TPSA) is 75.5 Å². The number of hydrogen-bond acceptors (Lipinski definition) is 3. The van der Waals surface area contributed by atoms with E-state index in [9.17, 15) is 4.79 Å². The summed E-state index contributed by atoms with van der Waals surface area (Å²) in [5, 5.41) is 16.1. The lowest BCUT2D eigenvalue weighted by atomic mass is 10.1. The van der Waals surface area contributed by atoms with E-state index in [-0.39, 0.29) is 18.7 Å². The van der Waals surface area contributed by atoms with Gasteiger partial charge in [0.05, 0.1) is 6.61 Å². The van der Waals surface area contributed by atoms with Gasteiger partial charge in [-0.25, -0.2) is 4.79 Å². The number of methoxy groups -OCH3 is 1. The summed E-state index contributed by atoms with van der Waals surface area (Å²) < 4.78 is 7.25. The molecule has 2 aromatic rings. The Morgan fingerprint density at radius 2 is 2.25 bits per heavy atom. The zero-order valence-corrected chi connectivity index (χ0v) is 14.0. The van der Waals surface area contributed by atoms with E-state index in [1.807, 2.05) is 30.5 Å². The number of hydrogen-bond donors (Lipinski definition) is 3. The fourth-order valence-corrected chi connectivity index (χ4v) is 3.06. The Labute approximate surface area is 141 Å². The summed E-state index contributed by atoms with van der Waals surface area (Å²) in [7, 11) is 1.69. The summed E-state index contributed by atoms with van der Waals surface area (Å²) in [4.78, 5) is 12.2. The van der Waals surface area contributed by atoms with Gasteiger partial charge in [0.1, 0.15) is 0 Å². The Morgan fingerprint density at radius 1 is 1.42 bits per heavy atom. The average molecular weight is 331 g/mol. The van der Waals surface area contributed by atoms with Crippen LogP contribution in [0.25, 0.3) is 10.9 Å². The van der Waals surface area contributed by atoms with Crippen molar-refractivity contribution in [3.63, 3.8) is 0 Å². The summed E-state index contributed by atoms with van der Waals surface area (Å²) in [6.07, 6.45) is 4.90. The molecule has 24 heavy (non-hydrogen) atoms. The molecule has 1 aromatic carbocycles. The maximum absolute atomic E-state index is 12.2. The third kappa shape index (κ3) is 4.07. The molecule has 3 rings (SSSR count). The molecule has 1 unspecified atom stereocenters. The van der Waals surface area contributed by atoms with Gasteiger partial charge in [-0.15, -0.1) is 0 Å². The largest absolute Gasteiger partial charge is 0.396 e. The lowest BCUT2D eigenvalue weighted by Crippen LogP contribution is -2.39. The SMILES string of the molecule is COCCn1ccc2cc(NC(=O)NC(CCO)C3CC3)ccc21. The van der Waals surface area contributed by atoms with E-state index < -0.39 is 0 Å². The van der Waals surface area contributed by atoms with Crippen LogP contribution in [-0.4, -0.2) is 42.1 Å². The van der Waals surface area contributed by atoms with Crippen molar-refractivity contribution in [3.05, 3.63) is 30.5 Å². The molecule has 0 bridgehead atoms. The predicted octanol–water partition coefficient (Wildman–Crippen LogP) is 2.57. The van der Waals surface area contributed by atoms with E-state index in [2.05, 4.69) is 15.2 Å². The second kappa shape index (κ2) is 7.68. The first kappa shape index (κ1) is 16.8. The lowest BCUT2D eigenvalue weighted by molar-refractivity contribution is 0.188. The third-order valence-corrected chi connectivity index (χ3v) is 4.51. The quantitative estimate of drug-likeness (QED) is 0.696. The van der Waals surface area contributed by atoms with Crippen LogP contribution in [0.5, 0.6) is 0 Å². The van der Waals surface area contributed by atoms with Gasteiger partial charge in [-0.3, -0.25) is 0 Å². The van der Waals surface area contributed by atoms with Gasteiger partial charge in [-0.1, -0.05) is 0 Å². The predicted molar refractivity (Wildman–Crippen MR) is 94.2 cm³/mol. The van der Waals surface area contributed by atoms with Crippen LogP contribution in [0.4, 0.5) is 10.5 Å². The highest BCUT2D eigenvalue weighted by Gasteiger charge is 2.31. The number of carbonyl (C=O) groups excluding carboxylic acids is 1. The number of nitrogens with zero attached hydrogens (tertiary/aromatic N) is 1. The van der Waals surface area contributed by atoms with E-state index in [0.29, 0.717) is 18.9 Å². The normalized spacial score (nSPS) is 15.4. The number of nitrogens with one attached hydrogen (secondary N) is 2. The Hall–Kier alpha value is -2.05. The van der Waals surface area contributed by atoms with Gasteiger partial charge in [0.15, 0.2) is 0 Å². The van der Waals surface area contributed by atoms with Crippen molar-refractivity contribution in [2.45, 2.75) is 31.8 Å². The Kier molecular flexibility index (Phi) is 5.37. The first-order valence-corrected chi connectivity index (χ1v) is 8.47. The van der Waals surface area contributed by atoms with Crippen LogP contribution in [0.1, 0.15) is 19.3 Å². The maximum Gasteiger partial charge on any atom is 0.319 e. The number of fused-ring (bicyclic) bond motifs is 1. The van der Waals surface area contributed by atoms with Crippen LogP contribution >= 0.6 is 0 Å². The molecule has 1 heterocycles. The standard InChI is InChI=1S/C18H25N3O3/c1-24-11-9-21-8-6-14-12-15(4-5-17(14)21)19-18(23)20-16(7-10-22)13-2-3-13/h4-6,8,12-13,16,22H,2-3,7,9-11H2,1H3,(H2,19,20,23). The first-order chi connectivity index (χ1) is 11.7. The number of anilines is 1. The van der Waals surface area contributed by atoms with Crippen LogP contribution in [0, 0.1) is 5.92 Å². The van der Waals surface area contributed by atoms with Gasteiger partial charge < -0.3 is 25.0 Å². The van der Waals surface area contributed by atoms with Crippen molar-refractivity contribution in [2.75, 3.05) is 25.6 Å². The van der Waals surface area contributed by atoms with Crippen LogP contribution in [0.15, 0.2) is 30.5 Å². The number of urea groups is 1. The molecule has 3 N–H and O–H groups in total. The van der Waals surface area contributed by atoms with Crippen molar-refractivity contribution >= 4 is 22.6 Å². The highest BCUT2D eigenvalue weighted by molar-refractivity contribution is 5.93. The van der Waals surface area contributed by atoms with Crippen LogP contribution < -0.4 is 10.6 Å². The number of rotatable bonds is 8. The van der Waals surface area contributed by atoms with Gasteiger partial charge in [0.25, 0.3) is 0 Å². The highest BCUT2D eigenvalue weighted by atomic mass is 16.5. The van der Waals surface area contributed by atoms with Crippen LogP contribution in [0.2, 0.25) is 0 Å². The molecule has 0 radical (unpaired) electrons. The van der Waals surface area contributed by atoms with Gasteiger partial charge in [0, 0.05) is 49.1 Å². The molecule has 0 saturated heterocycles. The van der Waals surface area contributed by atoms with E-state index >= 15 is 0 Å². The first-order valence-electron chi connectivity index (χ1n) is 8.47. The molecule has 1 aliphatic rings. The minimum Gasteiger partial charge on any atom is -0.396 e. The summed E-state index contributed by atoms with van der Waals surface area (Å²) in [5.74, 6) is 0.514. The number of aliphatic hydroxyl groups is 1. The summed E-state index contributed by atoms with van der Waals surface area (Å²) in [6, 6.07) is 7.77. The van der Waals surface area contributed by atoms with Crippen LogP contribution in [0.3, 0.4) is 0 Å². The summed E-state index contributed by atoms with van der Waals surface area (Å²) in [6.45, 7) is 1.57. The zero-order valence-electron chi connectivity index (χ0n) is 14.0. The number of amides is 2. The fraction of sp³-hybridized carbons (Fsp3) is 0.500. The molecule has 0 spiro atoms. The van der Waals surface area contributed by atoms with Crippen molar-refractivity contribution < 1.29 is 14.6 Å². The number of benzene rings is 1. The molecule has 2 amide bonds. The van der Waals surface area contributed by atoms with Gasteiger partial charge in [-0.05, 0) is 49.4 Å². The fourth-order valence-electron chi connectivity index (χ4n) is 3.06. The second-order valence-corrected chi connectivity index (χ2v) is 6.33. The minimum absolute atomic E-state index is 0.0638. The Bertz CT molecular complexity index is 694. The van der Waals surface area contributed by atoms with Crippen molar-refractivity contribution in [1.29, 1.82) is 0 Å². The average Bonchev–Trinajstić information content (AvgIpc) is 3.34. The maximum atomic E-state index is 12.2. The van der Waals surface area contributed by atoms with Crippen LogP contribution in [-0.2, 0) is 11.3 Å². The Balaban J connectivity index is 1.63. The second-order valence-electron chi connectivity index (χ2n) is 6.33. The summed E-state index contributed by atoms with van der Waals surface area (Å²) in [5.41, 5.74) is 1.89. The van der Waals surface area contributed by atoms with E-state index in [1.54, 1.807) is 7.11 Å². The molecule has 0 aliphatic heterocycles.